The van der Waals surface area contributed by atoms with Crippen LogP contribution in [-0.4, -0.2) is 25.0 Å². The molecule has 1 unspecified atom stereocenters. The summed E-state index contributed by atoms with van der Waals surface area (Å²) in [7, 11) is 0. The molecule has 1 fully saturated rings. The molecule has 1 heterocycles. The first kappa shape index (κ1) is 16.7. The largest absolute Gasteiger partial charge is 0.369 e. The first-order valence-electron chi connectivity index (χ1n) is 7.86. The van der Waals surface area contributed by atoms with E-state index in [0.29, 0.717) is 18.7 Å². The molecule has 1 saturated heterocycles. The van der Waals surface area contributed by atoms with Crippen molar-refractivity contribution in [3.05, 3.63) is 64.4 Å². The van der Waals surface area contributed by atoms with Crippen LogP contribution in [0.2, 0.25) is 5.02 Å². The lowest BCUT2D eigenvalue weighted by Crippen LogP contribution is -2.37. The standard InChI is InChI=1S/C18H19ClFN3O/c19-16-9-15(5-6-17(16)20)23-8-7-14(11-23)22-18(24)13-3-1-12(10-21)2-4-13/h1-6,9,14H,7-8,10-11,21H2,(H,22,24). The van der Waals surface area contributed by atoms with E-state index in [4.69, 9.17) is 17.3 Å². The average Bonchev–Trinajstić information content (AvgIpc) is 3.06. The minimum absolute atomic E-state index is 0.0514. The number of halogens is 2. The Bertz CT molecular complexity index is 736. The van der Waals surface area contributed by atoms with E-state index in [9.17, 15) is 9.18 Å². The van der Waals surface area contributed by atoms with Crippen molar-refractivity contribution in [2.45, 2.75) is 19.0 Å². The van der Waals surface area contributed by atoms with E-state index in [1.165, 1.54) is 6.07 Å². The van der Waals surface area contributed by atoms with Gasteiger partial charge in [0.25, 0.3) is 5.91 Å². The van der Waals surface area contributed by atoms with Gasteiger partial charge in [0, 0.05) is 36.9 Å². The molecule has 1 amide bonds. The Morgan fingerprint density at radius 2 is 2.04 bits per heavy atom. The Kier molecular flexibility index (Phi) is 5.02. The van der Waals surface area contributed by atoms with Crippen molar-refractivity contribution in [3.8, 4) is 0 Å². The Balaban J connectivity index is 1.60. The monoisotopic (exact) mass is 347 g/mol. The zero-order valence-electron chi connectivity index (χ0n) is 13.1. The number of nitrogens with zero attached hydrogens (tertiary/aromatic N) is 1. The molecule has 3 rings (SSSR count). The molecule has 3 N–H and O–H groups in total. The Labute approximate surface area is 145 Å². The van der Waals surface area contributed by atoms with Crippen molar-refractivity contribution in [1.82, 2.24) is 5.32 Å². The smallest absolute Gasteiger partial charge is 0.251 e. The van der Waals surface area contributed by atoms with Crippen LogP contribution in [0.25, 0.3) is 0 Å². The zero-order chi connectivity index (χ0) is 17.1. The van der Waals surface area contributed by atoms with E-state index >= 15 is 0 Å². The summed E-state index contributed by atoms with van der Waals surface area (Å²) in [6.07, 6.45) is 0.835. The molecule has 2 aromatic carbocycles. The maximum atomic E-state index is 13.3. The third kappa shape index (κ3) is 3.68. The van der Waals surface area contributed by atoms with Crippen molar-refractivity contribution < 1.29 is 9.18 Å². The lowest BCUT2D eigenvalue weighted by molar-refractivity contribution is 0.0940. The fourth-order valence-corrected chi connectivity index (χ4v) is 3.03. The number of nitrogens with two attached hydrogens (primary N) is 1. The van der Waals surface area contributed by atoms with Gasteiger partial charge in [0.15, 0.2) is 0 Å². The van der Waals surface area contributed by atoms with Gasteiger partial charge in [-0.25, -0.2) is 4.39 Å². The van der Waals surface area contributed by atoms with Gasteiger partial charge < -0.3 is 16.0 Å². The van der Waals surface area contributed by atoms with Gasteiger partial charge in [-0.2, -0.15) is 0 Å². The van der Waals surface area contributed by atoms with Gasteiger partial charge in [0.05, 0.1) is 5.02 Å². The molecule has 6 heteroatoms. The normalized spacial score (nSPS) is 17.1. The number of carbonyl (C=O) groups is 1. The molecule has 2 aromatic rings. The van der Waals surface area contributed by atoms with Crippen LogP contribution in [0.3, 0.4) is 0 Å². The molecule has 1 aliphatic heterocycles. The number of rotatable bonds is 4. The third-order valence-electron chi connectivity index (χ3n) is 4.24. The highest BCUT2D eigenvalue weighted by molar-refractivity contribution is 6.31. The van der Waals surface area contributed by atoms with E-state index in [-0.39, 0.29) is 17.0 Å². The fraction of sp³-hybridized carbons (Fsp3) is 0.278. The molecular formula is C18H19ClFN3O. The van der Waals surface area contributed by atoms with Gasteiger partial charge in [-0.1, -0.05) is 23.7 Å². The van der Waals surface area contributed by atoms with Crippen LogP contribution < -0.4 is 16.0 Å². The molecule has 1 atom stereocenters. The van der Waals surface area contributed by atoms with Gasteiger partial charge in [0.1, 0.15) is 5.82 Å². The third-order valence-corrected chi connectivity index (χ3v) is 4.53. The minimum Gasteiger partial charge on any atom is -0.369 e. The van der Waals surface area contributed by atoms with Gasteiger partial charge >= 0.3 is 0 Å². The molecule has 126 valence electrons. The Morgan fingerprint density at radius 3 is 2.71 bits per heavy atom. The Morgan fingerprint density at radius 1 is 1.29 bits per heavy atom. The van der Waals surface area contributed by atoms with Crippen LogP contribution in [0, 0.1) is 5.82 Å². The summed E-state index contributed by atoms with van der Waals surface area (Å²) in [6.45, 7) is 1.92. The van der Waals surface area contributed by atoms with Crippen molar-refractivity contribution in [1.29, 1.82) is 0 Å². The van der Waals surface area contributed by atoms with E-state index in [0.717, 1.165) is 24.2 Å². The zero-order valence-corrected chi connectivity index (χ0v) is 13.9. The quantitative estimate of drug-likeness (QED) is 0.894. The molecule has 0 radical (unpaired) electrons. The lowest BCUT2D eigenvalue weighted by atomic mass is 10.1. The molecular weight excluding hydrogens is 329 g/mol. The summed E-state index contributed by atoms with van der Waals surface area (Å²) < 4.78 is 13.3. The highest BCUT2D eigenvalue weighted by Crippen LogP contribution is 2.25. The van der Waals surface area contributed by atoms with E-state index in [2.05, 4.69) is 10.2 Å². The maximum Gasteiger partial charge on any atom is 0.251 e. The van der Waals surface area contributed by atoms with Gasteiger partial charge in [-0.3, -0.25) is 4.79 Å². The number of amides is 1. The number of anilines is 1. The van der Waals surface area contributed by atoms with Crippen LogP contribution >= 0.6 is 11.6 Å². The molecule has 0 spiro atoms. The summed E-state index contributed by atoms with van der Waals surface area (Å²) in [5.74, 6) is -0.520. The number of hydrogen-bond acceptors (Lipinski definition) is 3. The van der Waals surface area contributed by atoms with E-state index in [1.807, 2.05) is 12.1 Å². The van der Waals surface area contributed by atoms with Crippen molar-refractivity contribution in [2.24, 2.45) is 5.73 Å². The minimum atomic E-state index is -0.426. The Hall–Kier alpha value is -2.11. The van der Waals surface area contributed by atoms with Crippen LogP contribution in [0.15, 0.2) is 42.5 Å². The maximum absolute atomic E-state index is 13.3. The van der Waals surface area contributed by atoms with Gasteiger partial charge in [-0.05, 0) is 42.3 Å². The predicted molar refractivity (Wildman–Crippen MR) is 93.8 cm³/mol. The van der Waals surface area contributed by atoms with E-state index in [1.54, 1.807) is 24.3 Å². The van der Waals surface area contributed by atoms with Gasteiger partial charge in [0.2, 0.25) is 0 Å². The van der Waals surface area contributed by atoms with Gasteiger partial charge in [-0.15, -0.1) is 0 Å². The molecule has 4 nitrogen and oxygen atoms in total. The van der Waals surface area contributed by atoms with Crippen LogP contribution in [-0.2, 0) is 6.54 Å². The molecule has 0 aliphatic carbocycles. The highest BCUT2D eigenvalue weighted by atomic mass is 35.5. The summed E-state index contributed by atoms with van der Waals surface area (Å²) in [5, 5.41) is 3.15. The predicted octanol–water partition coefficient (Wildman–Crippen LogP) is 2.95. The highest BCUT2D eigenvalue weighted by Gasteiger charge is 2.24. The number of carbonyl (C=O) groups excluding carboxylic acids is 1. The topological polar surface area (TPSA) is 58.4 Å². The molecule has 0 aromatic heterocycles. The fourth-order valence-electron chi connectivity index (χ4n) is 2.86. The SMILES string of the molecule is NCc1ccc(C(=O)NC2CCN(c3ccc(F)c(Cl)c3)C2)cc1. The first-order valence-corrected chi connectivity index (χ1v) is 8.24. The van der Waals surface area contributed by atoms with Crippen LogP contribution in [0.5, 0.6) is 0 Å². The van der Waals surface area contributed by atoms with Crippen molar-refractivity contribution in [3.63, 3.8) is 0 Å². The van der Waals surface area contributed by atoms with Crippen molar-refractivity contribution >= 4 is 23.2 Å². The first-order chi connectivity index (χ1) is 11.6. The lowest BCUT2D eigenvalue weighted by Gasteiger charge is -2.19. The molecule has 0 saturated carbocycles. The van der Waals surface area contributed by atoms with E-state index < -0.39 is 5.82 Å². The summed E-state index contributed by atoms with van der Waals surface area (Å²) in [5.41, 5.74) is 8.04. The number of nitrogens with one attached hydrogen (secondary N) is 1. The molecule has 0 bridgehead atoms. The van der Waals surface area contributed by atoms with Crippen LogP contribution in [0.4, 0.5) is 10.1 Å². The number of benzene rings is 2. The van der Waals surface area contributed by atoms with Crippen LogP contribution in [0.1, 0.15) is 22.3 Å². The summed E-state index contributed by atoms with van der Waals surface area (Å²) >= 11 is 5.84. The summed E-state index contributed by atoms with van der Waals surface area (Å²) in [6, 6.07) is 12.0. The van der Waals surface area contributed by atoms with Crippen molar-refractivity contribution in [2.75, 3.05) is 18.0 Å². The molecule has 24 heavy (non-hydrogen) atoms. The second kappa shape index (κ2) is 7.20. The number of hydrogen-bond donors (Lipinski definition) is 2. The summed E-state index contributed by atoms with van der Waals surface area (Å²) in [4.78, 5) is 14.4. The second-order valence-electron chi connectivity index (χ2n) is 5.90. The second-order valence-corrected chi connectivity index (χ2v) is 6.31. The average molecular weight is 348 g/mol. The molecule has 1 aliphatic rings.